The molecular formula is C32H46N4O7. The number of esters is 1. The molecule has 2 aliphatic rings. The Bertz CT molecular complexity index is 1280. The van der Waals surface area contributed by atoms with Crippen LogP contribution in [0.2, 0.25) is 0 Å². The number of nitrogens with zero attached hydrogens (tertiary/aromatic N) is 4. The fourth-order valence-corrected chi connectivity index (χ4v) is 5.78. The highest BCUT2D eigenvalue weighted by Crippen LogP contribution is 2.45. The van der Waals surface area contributed by atoms with Gasteiger partial charge in [0.1, 0.15) is 11.9 Å². The van der Waals surface area contributed by atoms with Gasteiger partial charge < -0.3 is 24.4 Å². The van der Waals surface area contributed by atoms with Gasteiger partial charge in [0.15, 0.2) is 12.6 Å². The lowest BCUT2D eigenvalue weighted by Gasteiger charge is -2.34. The molecule has 236 valence electrons. The third kappa shape index (κ3) is 8.35. The van der Waals surface area contributed by atoms with Crippen molar-refractivity contribution in [2.75, 3.05) is 0 Å². The molecule has 0 amide bonds. The zero-order chi connectivity index (χ0) is 31.4. The quantitative estimate of drug-likeness (QED) is 0.371. The number of fused-ring (bicyclic) bond motifs is 1. The fourth-order valence-electron chi connectivity index (χ4n) is 5.78. The number of cyclic esters (lactones) is 1. The first-order valence-corrected chi connectivity index (χ1v) is 15.2. The summed E-state index contributed by atoms with van der Waals surface area (Å²) < 4.78 is 17.7. The van der Waals surface area contributed by atoms with Gasteiger partial charge in [-0.05, 0) is 55.0 Å². The molecule has 4 rings (SSSR count). The van der Waals surface area contributed by atoms with Crippen LogP contribution in [0.25, 0.3) is 6.08 Å². The van der Waals surface area contributed by atoms with Crippen LogP contribution in [0.15, 0.2) is 35.9 Å². The van der Waals surface area contributed by atoms with Crippen molar-refractivity contribution in [1.29, 1.82) is 0 Å². The van der Waals surface area contributed by atoms with Crippen molar-refractivity contribution in [3.63, 3.8) is 0 Å². The average molecular weight is 599 g/mol. The lowest BCUT2D eigenvalue weighted by atomic mass is 9.73. The molecule has 1 aromatic carbocycles. The summed E-state index contributed by atoms with van der Waals surface area (Å²) in [4.78, 5) is 27.8. The normalized spacial score (nSPS) is 32.6. The predicted octanol–water partition coefficient (Wildman–Crippen LogP) is 3.87. The third-order valence-corrected chi connectivity index (χ3v) is 9.06. The smallest absolute Gasteiger partial charge is 0.309 e. The molecule has 0 radical (unpaired) electrons. The van der Waals surface area contributed by atoms with Gasteiger partial charge in [0, 0.05) is 12.3 Å². The SMILES string of the molecule is CC(=Cc1nnn(COCc2ccccc2)n1)[C@@H]1C[C@@H]2O[C@]2(C)CCC[C@H](C)[C@H](O)[C@@H](C)C(=O)C(C)(C)[C@@H](O)CC(=O)O1. The van der Waals surface area contributed by atoms with Gasteiger partial charge in [0.05, 0.1) is 42.4 Å². The molecule has 0 bridgehead atoms. The maximum absolute atomic E-state index is 13.3. The Labute approximate surface area is 253 Å². The molecule has 3 heterocycles. The Morgan fingerprint density at radius 3 is 2.60 bits per heavy atom. The van der Waals surface area contributed by atoms with Crippen molar-refractivity contribution < 1.29 is 34.0 Å². The minimum Gasteiger partial charge on any atom is -0.458 e. The van der Waals surface area contributed by atoms with Gasteiger partial charge in [-0.2, -0.15) is 0 Å². The number of rotatable bonds is 6. The highest BCUT2D eigenvalue weighted by atomic mass is 16.6. The number of Topliss-reactive ketones (excluding diaryl/α,β-unsaturated/α-hetero) is 1. The molecule has 2 N–H and O–H groups in total. The first kappa shape index (κ1) is 32.9. The number of aliphatic hydroxyl groups is 2. The number of hydrogen-bond donors (Lipinski definition) is 2. The van der Waals surface area contributed by atoms with Crippen molar-refractivity contribution >= 4 is 17.8 Å². The van der Waals surface area contributed by atoms with E-state index < -0.39 is 35.6 Å². The zero-order valence-corrected chi connectivity index (χ0v) is 26.1. The molecule has 2 aliphatic heterocycles. The van der Waals surface area contributed by atoms with E-state index in [9.17, 15) is 19.8 Å². The monoisotopic (exact) mass is 598 g/mol. The molecule has 1 aromatic heterocycles. The van der Waals surface area contributed by atoms with E-state index in [2.05, 4.69) is 15.4 Å². The zero-order valence-electron chi connectivity index (χ0n) is 26.1. The van der Waals surface area contributed by atoms with Crippen molar-refractivity contribution in [2.24, 2.45) is 17.3 Å². The van der Waals surface area contributed by atoms with E-state index in [1.165, 1.54) is 4.80 Å². The topological polar surface area (TPSA) is 149 Å². The molecular weight excluding hydrogens is 552 g/mol. The van der Waals surface area contributed by atoms with Crippen LogP contribution in [-0.4, -0.2) is 72.2 Å². The number of tetrazole rings is 1. The Kier molecular flexibility index (Phi) is 10.5. The van der Waals surface area contributed by atoms with Crippen LogP contribution in [0.4, 0.5) is 0 Å². The number of carbonyl (C=O) groups is 2. The average Bonchev–Trinajstić information content (AvgIpc) is 3.38. The number of hydrogen-bond acceptors (Lipinski definition) is 10. The second kappa shape index (κ2) is 13.8. The number of aromatic nitrogens is 4. The number of carbonyl (C=O) groups excluding carboxylic acids is 2. The number of ketones is 1. The van der Waals surface area contributed by atoms with Gasteiger partial charge in [-0.1, -0.05) is 64.4 Å². The summed E-state index contributed by atoms with van der Waals surface area (Å²) in [6.07, 6.45) is 1.20. The summed E-state index contributed by atoms with van der Waals surface area (Å²) in [5.41, 5.74) is 0.119. The second-order valence-electron chi connectivity index (χ2n) is 13.0. The van der Waals surface area contributed by atoms with E-state index in [-0.39, 0.29) is 36.6 Å². The lowest BCUT2D eigenvalue weighted by molar-refractivity contribution is -0.154. The number of aliphatic hydroxyl groups excluding tert-OH is 2. The van der Waals surface area contributed by atoms with Crippen LogP contribution in [0, 0.1) is 17.3 Å². The van der Waals surface area contributed by atoms with E-state index in [4.69, 9.17) is 14.2 Å². The molecule has 11 heteroatoms. The van der Waals surface area contributed by atoms with Crippen LogP contribution >= 0.6 is 0 Å². The molecule has 0 spiro atoms. The van der Waals surface area contributed by atoms with Gasteiger partial charge >= 0.3 is 5.97 Å². The van der Waals surface area contributed by atoms with Crippen LogP contribution < -0.4 is 0 Å². The highest BCUT2D eigenvalue weighted by Gasteiger charge is 2.53. The summed E-state index contributed by atoms with van der Waals surface area (Å²) in [5.74, 6) is -1.36. The third-order valence-electron chi connectivity index (χ3n) is 9.06. The number of ether oxygens (including phenoxy) is 3. The molecule has 0 unspecified atom stereocenters. The molecule has 2 fully saturated rings. The van der Waals surface area contributed by atoms with Crippen molar-refractivity contribution in [2.45, 2.75) is 117 Å². The second-order valence-corrected chi connectivity index (χ2v) is 13.0. The van der Waals surface area contributed by atoms with Crippen molar-refractivity contribution in [3.05, 3.63) is 47.3 Å². The summed E-state index contributed by atoms with van der Waals surface area (Å²) in [7, 11) is 0. The maximum Gasteiger partial charge on any atom is 0.309 e. The van der Waals surface area contributed by atoms with Gasteiger partial charge in [0.2, 0.25) is 0 Å². The van der Waals surface area contributed by atoms with Crippen LogP contribution in [-0.2, 0) is 37.1 Å². The summed E-state index contributed by atoms with van der Waals surface area (Å²) in [6.45, 7) is 11.3. The standard InChI is InChI=1S/C32H46N4O7/c1-20-11-10-14-32(6)26(43-32)16-24(42-28(38)17-25(37)31(4,5)30(40)22(3)29(20)39)21(2)15-27-33-35-36(34-27)19-41-18-23-12-8-7-9-13-23/h7-9,12-13,15,20,22,24-26,29,37,39H,10-11,14,16-19H2,1-6H3/t20-,22+,24-,25-,26-,29-,32+/m0/s1. The molecule has 7 atom stereocenters. The first-order chi connectivity index (χ1) is 20.3. The molecule has 2 aromatic rings. The summed E-state index contributed by atoms with van der Waals surface area (Å²) in [5, 5.41) is 34.4. The Balaban J connectivity index is 1.48. The van der Waals surface area contributed by atoms with Gasteiger partial charge in [-0.25, -0.2) is 0 Å². The number of epoxide rings is 1. The molecule has 11 nitrogen and oxygen atoms in total. The maximum atomic E-state index is 13.3. The van der Waals surface area contributed by atoms with Crippen molar-refractivity contribution in [3.8, 4) is 0 Å². The Hall–Kier alpha value is -2.99. The van der Waals surface area contributed by atoms with Gasteiger partial charge in [0.25, 0.3) is 0 Å². The van der Waals surface area contributed by atoms with Crippen LogP contribution in [0.5, 0.6) is 0 Å². The first-order valence-electron chi connectivity index (χ1n) is 15.2. The predicted molar refractivity (Wildman–Crippen MR) is 158 cm³/mol. The summed E-state index contributed by atoms with van der Waals surface area (Å²) >= 11 is 0. The minimum absolute atomic E-state index is 0.104. The van der Waals surface area contributed by atoms with E-state index in [0.717, 1.165) is 24.8 Å². The number of benzene rings is 1. The van der Waals surface area contributed by atoms with E-state index >= 15 is 0 Å². The van der Waals surface area contributed by atoms with Crippen LogP contribution in [0.1, 0.15) is 85.0 Å². The highest BCUT2D eigenvalue weighted by molar-refractivity contribution is 5.88. The fraction of sp³-hybridized carbons (Fsp3) is 0.656. The van der Waals surface area contributed by atoms with Gasteiger partial charge in [-0.3, -0.25) is 9.59 Å². The summed E-state index contributed by atoms with van der Waals surface area (Å²) in [6, 6.07) is 9.78. The molecule has 0 saturated carbocycles. The van der Waals surface area contributed by atoms with Gasteiger partial charge in [-0.15, -0.1) is 15.0 Å². The van der Waals surface area contributed by atoms with Crippen LogP contribution in [0.3, 0.4) is 0 Å². The minimum atomic E-state index is -1.28. The Morgan fingerprint density at radius 1 is 1.16 bits per heavy atom. The molecule has 43 heavy (non-hydrogen) atoms. The van der Waals surface area contributed by atoms with E-state index in [1.807, 2.05) is 51.1 Å². The largest absolute Gasteiger partial charge is 0.458 e. The van der Waals surface area contributed by atoms with E-state index in [1.54, 1.807) is 26.8 Å². The Morgan fingerprint density at radius 2 is 1.88 bits per heavy atom. The van der Waals surface area contributed by atoms with E-state index in [0.29, 0.717) is 24.4 Å². The van der Waals surface area contributed by atoms with Crippen molar-refractivity contribution in [1.82, 2.24) is 20.2 Å². The molecule has 2 saturated heterocycles. The molecule has 0 aliphatic carbocycles. The lowest BCUT2D eigenvalue weighted by Crippen LogP contribution is -2.45.